The van der Waals surface area contributed by atoms with E-state index in [4.69, 9.17) is 4.74 Å². The van der Waals surface area contributed by atoms with E-state index in [-0.39, 0.29) is 6.10 Å². The van der Waals surface area contributed by atoms with Gasteiger partial charge in [-0.1, -0.05) is 19.1 Å². The Labute approximate surface area is 126 Å². The van der Waals surface area contributed by atoms with Crippen molar-refractivity contribution in [3.8, 4) is 17.1 Å². The van der Waals surface area contributed by atoms with Crippen LogP contribution in [0.5, 0.6) is 5.75 Å². The molecule has 0 fully saturated rings. The van der Waals surface area contributed by atoms with E-state index in [0.29, 0.717) is 0 Å². The summed E-state index contributed by atoms with van der Waals surface area (Å²) in [4.78, 5) is 9.27. The highest BCUT2D eigenvalue weighted by Crippen LogP contribution is 2.25. The van der Waals surface area contributed by atoms with Crippen molar-refractivity contribution in [3.63, 3.8) is 0 Å². The molecule has 2 aromatic rings. The van der Waals surface area contributed by atoms with Gasteiger partial charge in [0, 0.05) is 23.9 Å². The summed E-state index contributed by atoms with van der Waals surface area (Å²) in [6.07, 6.45) is 1.07. The molecule has 4 heteroatoms. The van der Waals surface area contributed by atoms with Crippen LogP contribution in [0.25, 0.3) is 11.4 Å². The summed E-state index contributed by atoms with van der Waals surface area (Å²) < 4.78 is 5.74. The molecule has 0 radical (unpaired) electrons. The van der Waals surface area contributed by atoms with Gasteiger partial charge in [-0.15, -0.1) is 0 Å². The predicted octanol–water partition coefficient (Wildman–Crippen LogP) is 3.84. The van der Waals surface area contributed by atoms with Crippen LogP contribution < -0.4 is 10.1 Å². The number of benzene rings is 1. The monoisotopic (exact) mass is 285 g/mol. The van der Waals surface area contributed by atoms with Gasteiger partial charge in [0.1, 0.15) is 11.6 Å². The molecule has 0 aliphatic carbocycles. The Bertz CT molecular complexity index is 623. The van der Waals surface area contributed by atoms with Gasteiger partial charge in [0.05, 0.1) is 6.10 Å². The minimum absolute atomic E-state index is 0.151. The molecule has 0 amide bonds. The molecule has 2 rings (SSSR count). The summed E-state index contributed by atoms with van der Waals surface area (Å²) >= 11 is 0. The van der Waals surface area contributed by atoms with Crippen molar-refractivity contribution < 1.29 is 4.74 Å². The first-order valence-electron chi connectivity index (χ1n) is 7.37. The van der Waals surface area contributed by atoms with Crippen LogP contribution in [0.15, 0.2) is 24.3 Å². The number of anilines is 1. The highest BCUT2D eigenvalue weighted by atomic mass is 16.5. The molecule has 0 aliphatic rings. The molecule has 0 saturated carbocycles. The second-order valence-electron chi connectivity index (χ2n) is 5.26. The Morgan fingerprint density at radius 1 is 1.24 bits per heavy atom. The molecule has 0 unspecified atom stereocenters. The number of aryl methyl sites for hydroxylation is 1. The Kier molecular flexibility index (Phi) is 4.78. The van der Waals surface area contributed by atoms with Gasteiger partial charge in [0.25, 0.3) is 0 Å². The molecule has 0 saturated heterocycles. The van der Waals surface area contributed by atoms with Crippen molar-refractivity contribution in [3.05, 3.63) is 35.5 Å². The number of nitrogens with one attached hydrogen (secondary N) is 1. The predicted molar refractivity (Wildman–Crippen MR) is 86.9 cm³/mol. The minimum Gasteiger partial charge on any atom is -0.491 e. The molecule has 1 aromatic carbocycles. The maximum Gasteiger partial charge on any atom is 0.161 e. The van der Waals surface area contributed by atoms with Crippen LogP contribution in [0.4, 0.5) is 5.82 Å². The van der Waals surface area contributed by atoms with Gasteiger partial charge in [0.2, 0.25) is 0 Å². The molecule has 0 aliphatic heterocycles. The maximum absolute atomic E-state index is 5.74. The highest BCUT2D eigenvalue weighted by Gasteiger charge is 2.11. The second kappa shape index (κ2) is 6.57. The van der Waals surface area contributed by atoms with Gasteiger partial charge in [-0.25, -0.2) is 9.97 Å². The number of aromatic nitrogens is 2. The number of rotatable bonds is 5. The standard InChI is InChI=1S/C17H23N3O/c1-6-15-12(4)19-16(20-17(15)18-5)13-8-7-9-14(10-13)21-11(2)3/h7-11H,6H2,1-5H3,(H,18,19,20). The summed E-state index contributed by atoms with van der Waals surface area (Å²) in [5, 5.41) is 3.16. The molecule has 112 valence electrons. The van der Waals surface area contributed by atoms with Crippen molar-refractivity contribution in [2.45, 2.75) is 40.2 Å². The van der Waals surface area contributed by atoms with Gasteiger partial charge < -0.3 is 10.1 Å². The van der Waals surface area contributed by atoms with Crippen molar-refractivity contribution >= 4 is 5.82 Å². The van der Waals surface area contributed by atoms with E-state index in [9.17, 15) is 0 Å². The topological polar surface area (TPSA) is 47.0 Å². The summed E-state index contributed by atoms with van der Waals surface area (Å²) in [6, 6.07) is 7.92. The van der Waals surface area contributed by atoms with Crippen molar-refractivity contribution in [2.24, 2.45) is 0 Å². The Balaban J connectivity index is 2.44. The van der Waals surface area contributed by atoms with Crippen molar-refractivity contribution in [1.82, 2.24) is 9.97 Å². The Morgan fingerprint density at radius 2 is 2.00 bits per heavy atom. The second-order valence-corrected chi connectivity index (χ2v) is 5.26. The Morgan fingerprint density at radius 3 is 2.62 bits per heavy atom. The lowest BCUT2D eigenvalue weighted by Gasteiger charge is -2.13. The van der Waals surface area contributed by atoms with Crippen LogP contribution in [0, 0.1) is 6.92 Å². The molecule has 1 aromatic heterocycles. The van der Waals surface area contributed by atoms with E-state index < -0.39 is 0 Å². The van der Waals surface area contributed by atoms with E-state index in [0.717, 1.165) is 40.6 Å². The van der Waals surface area contributed by atoms with Crippen LogP contribution in [0.2, 0.25) is 0 Å². The average molecular weight is 285 g/mol. The third-order valence-electron chi connectivity index (χ3n) is 3.27. The first-order chi connectivity index (χ1) is 10.0. The molecule has 1 heterocycles. The molecule has 4 nitrogen and oxygen atoms in total. The number of hydrogen-bond donors (Lipinski definition) is 1. The van der Waals surface area contributed by atoms with Gasteiger partial charge in [-0.3, -0.25) is 0 Å². The van der Waals surface area contributed by atoms with E-state index in [1.54, 1.807) is 0 Å². The molecule has 1 N–H and O–H groups in total. The molecule has 21 heavy (non-hydrogen) atoms. The summed E-state index contributed by atoms with van der Waals surface area (Å²) in [5.41, 5.74) is 3.15. The average Bonchev–Trinajstić information content (AvgIpc) is 2.45. The number of hydrogen-bond acceptors (Lipinski definition) is 4. The fourth-order valence-corrected chi connectivity index (χ4v) is 2.34. The van der Waals surface area contributed by atoms with E-state index in [1.807, 2.05) is 52.1 Å². The molecular weight excluding hydrogens is 262 g/mol. The van der Waals surface area contributed by atoms with Gasteiger partial charge in [-0.2, -0.15) is 0 Å². The van der Waals surface area contributed by atoms with Gasteiger partial charge >= 0.3 is 0 Å². The number of ether oxygens (including phenoxy) is 1. The Hall–Kier alpha value is -2.10. The van der Waals surface area contributed by atoms with Gasteiger partial charge in [0.15, 0.2) is 5.82 Å². The zero-order valence-corrected chi connectivity index (χ0v) is 13.4. The van der Waals surface area contributed by atoms with E-state index >= 15 is 0 Å². The van der Waals surface area contributed by atoms with Crippen LogP contribution in [-0.4, -0.2) is 23.1 Å². The largest absolute Gasteiger partial charge is 0.491 e. The van der Waals surface area contributed by atoms with E-state index in [1.165, 1.54) is 0 Å². The zero-order chi connectivity index (χ0) is 15.4. The van der Waals surface area contributed by atoms with Crippen molar-refractivity contribution in [2.75, 3.05) is 12.4 Å². The van der Waals surface area contributed by atoms with Crippen LogP contribution in [-0.2, 0) is 6.42 Å². The molecule has 0 atom stereocenters. The summed E-state index contributed by atoms with van der Waals surface area (Å²) in [5.74, 6) is 2.47. The van der Waals surface area contributed by atoms with E-state index in [2.05, 4.69) is 22.2 Å². The third-order valence-corrected chi connectivity index (χ3v) is 3.27. The number of nitrogens with zero attached hydrogens (tertiary/aromatic N) is 2. The summed E-state index contributed by atoms with van der Waals surface area (Å²) in [6.45, 7) is 8.17. The molecule has 0 bridgehead atoms. The summed E-state index contributed by atoms with van der Waals surface area (Å²) in [7, 11) is 1.89. The maximum atomic E-state index is 5.74. The fraction of sp³-hybridized carbons (Fsp3) is 0.412. The highest BCUT2D eigenvalue weighted by molar-refractivity contribution is 5.61. The van der Waals surface area contributed by atoms with Crippen LogP contribution >= 0.6 is 0 Å². The first kappa shape index (κ1) is 15.3. The first-order valence-corrected chi connectivity index (χ1v) is 7.37. The minimum atomic E-state index is 0.151. The fourth-order valence-electron chi connectivity index (χ4n) is 2.34. The van der Waals surface area contributed by atoms with Crippen LogP contribution in [0.3, 0.4) is 0 Å². The lowest BCUT2D eigenvalue weighted by Crippen LogP contribution is -2.06. The lowest BCUT2D eigenvalue weighted by molar-refractivity contribution is 0.242. The quantitative estimate of drug-likeness (QED) is 0.906. The zero-order valence-electron chi connectivity index (χ0n) is 13.4. The third kappa shape index (κ3) is 3.51. The lowest BCUT2D eigenvalue weighted by atomic mass is 10.1. The van der Waals surface area contributed by atoms with Gasteiger partial charge in [-0.05, 0) is 39.3 Å². The molecular formula is C17H23N3O. The SMILES string of the molecule is CCc1c(C)nc(-c2cccc(OC(C)C)c2)nc1NC. The smallest absolute Gasteiger partial charge is 0.161 e. The van der Waals surface area contributed by atoms with Crippen molar-refractivity contribution in [1.29, 1.82) is 0 Å². The van der Waals surface area contributed by atoms with Crippen LogP contribution in [0.1, 0.15) is 32.0 Å². The normalized spacial score (nSPS) is 10.8. The molecule has 0 spiro atoms.